The molecule has 3 rings (SSSR count). The lowest BCUT2D eigenvalue weighted by Gasteiger charge is -2.03. The summed E-state index contributed by atoms with van der Waals surface area (Å²) in [5.41, 5.74) is 2.69. The van der Waals surface area contributed by atoms with Gasteiger partial charge in [-0.05, 0) is 25.1 Å². The number of furan rings is 1. The molecule has 0 radical (unpaired) electrons. The summed E-state index contributed by atoms with van der Waals surface area (Å²) in [6.07, 6.45) is 2.65. The molecule has 2 heterocycles. The summed E-state index contributed by atoms with van der Waals surface area (Å²) in [6.45, 7) is 2.03. The van der Waals surface area contributed by atoms with E-state index in [9.17, 15) is 5.11 Å². The number of fused-ring (bicyclic) bond motifs is 1. The molecule has 0 bridgehead atoms. The van der Waals surface area contributed by atoms with Crippen LogP contribution in [0.5, 0.6) is 0 Å². The van der Waals surface area contributed by atoms with Crippen molar-refractivity contribution in [2.75, 3.05) is 0 Å². The Morgan fingerprint density at radius 1 is 1.33 bits per heavy atom. The minimum atomic E-state index is -0.772. The van der Waals surface area contributed by atoms with Gasteiger partial charge in [0.1, 0.15) is 17.4 Å². The summed E-state index contributed by atoms with van der Waals surface area (Å²) in [5.74, 6) is 0.545. The van der Waals surface area contributed by atoms with Crippen molar-refractivity contribution < 1.29 is 9.52 Å². The Hall–Kier alpha value is -2.07. The molecule has 0 saturated carbocycles. The SMILES string of the molecule is Cc1ccc2oc(C(O)c3cnn(C)c3)cc2c1. The minimum absolute atomic E-state index is 0.545. The van der Waals surface area contributed by atoms with Crippen molar-refractivity contribution in [3.05, 3.63) is 53.5 Å². The van der Waals surface area contributed by atoms with Crippen LogP contribution < -0.4 is 0 Å². The topological polar surface area (TPSA) is 51.2 Å². The quantitative estimate of drug-likeness (QED) is 0.751. The summed E-state index contributed by atoms with van der Waals surface area (Å²) >= 11 is 0. The Bertz CT molecular complexity index is 697. The van der Waals surface area contributed by atoms with Crippen molar-refractivity contribution >= 4 is 11.0 Å². The standard InChI is InChI=1S/C14H14N2O2/c1-9-3-4-12-10(5-9)6-13(18-12)14(17)11-7-15-16(2)8-11/h3-8,14,17H,1-2H3. The molecule has 0 spiro atoms. The lowest BCUT2D eigenvalue weighted by atomic mass is 10.1. The average molecular weight is 242 g/mol. The first kappa shape index (κ1) is 11.0. The highest BCUT2D eigenvalue weighted by molar-refractivity contribution is 5.78. The lowest BCUT2D eigenvalue weighted by molar-refractivity contribution is 0.192. The molecule has 0 amide bonds. The third-order valence-corrected chi connectivity index (χ3v) is 3.00. The van der Waals surface area contributed by atoms with Gasteiger partial charge in [-0.1, -0.05) is 11.6 Å². The zero-order chi connectivity index (χ0) is 12.7. The maximum absolute atomic E-state index is 10.2. The molecule has 0 fully saturated rings. The van der Waals surface area contributed by atoms with Crippen LogP contribution in [0.3, 0.4) is 0 Å². The lowest BCUT2D eigenvalue weighted by Crippen LogP contribution is -1.96. The van der Waals surface area contributed by atoms with E-state index in [2.05, 4.69) is 5.10 Å². The Morgan fingerprint density at radius 3 is 2.89 bits per heavy atom. The normalized spacial score (nSPS) is 13.1. The molecule has 1 N–H and O–H groups in total. The van der Waals surface area contributed by atoms with Gasteiger partial charge in [0.25, 0.3) is 0 Å². The van der Waals surface area contributed by atoms with Gasteiger partial charge in [-0.15, -0.1) is 0 Å². The Labute approximate surface area is 104 Å². The van der Waals surface area contributed by atoms with Gasteiger partial charge in [-0.3, -0.25) is 4.68 Å². The summed E-state index contributed by atoms with van der Waals surface area (Å²) < 4.78 is 7.32. The number of hydrogen-bond donors (Lipinski definition) is 1. The molecule has 1 atom stereocenters. The van der Waals surface area contributed by atoms with Gasteiger partial charge < -0.3 is 9.52 Å². The molecule has 92 valence electrons. The van der Waals surface area contributed by atoms with Gasteiger partial charge in [-0.2, -0.15) is 5.10 Å². The van der Waals surface area contributed by atoms with E-state index in [1.165, 1.54) is 5.56 Å². The Kier molecular flexibility index (Phi) is 2.45. The van der Waals surface area contributed by atoms with E-state index in [-0.39, 0.29) is 0 Å². The average Bonchev–Trinajstić information content (AvgIpc) is 2.93. The maximum atomic E-state index is 10.2. The molecule has 1 unspecified atom stereocenters. The third-order valence-electron chi connectivity index (χ3n) is 3.00. The van der Waals surface area contributed by atoms with Crippen LogP contribution in [0, 0.1) is 6.92 Å². The van der Waals surface area contributed by atoms with E-state index in [0.717, 1.165) is 16.5 Å². The first-order valence-corrected chi connectivity index (χ1v) is 5.80. The molecular weight excluding hydrogens is 228 g/mol. The summed E-state index contributed by atoms with van der Waals surface area (Å²) in [7, 11) is 1.82. The first-order chi connectivity index (χ1) is 8.63. The van der Waals surface area contributed by atoms with Crippen molar-refractivity contribution in [2.24, 2.45) is 7.05 Å². The minimum Gasteiger partial charge on any atom is -0.458 e. The van der Waals surface area contributed by atoms with E-state index in [0.29, 0.717) is 5.76 Å². The second-order valence-electron chi connectivity index (χ2n) is 4.54. The summed E-state index contributed by atoms with van der Waals surface area (Å²) in [4.78, 5) is 0. The monoisotopic (exact) mass is 242 g/mol. The number of benzene rings is 1. The highest BCUT2D eigenvalue weighted by atomic mass is 16.4. The second kappa shape index (κ2) is 3.99. The van der Waals surface area contributed by atoms with Gasteiger partial charge in [-0.25, -0.2) is 0 Å². The molecule has 2 aromatic heterocycles. The van der Waals surface area contributed by atoms with Crippen molar-refractivity contribution in [3.8, 4) is 0 Å². The number of aliphatic hydroxyl groups excluding tert-OH is 1. The first-order valence-electron chi connectivity index (χ1n) is 5.80. The van der Waals surface area contributed by atoms with Crippen LogP contribution in [0.2, 0.25) is 0 Å². The number of aryl methyl sites for hydroxylation is 2. The van der Waals surface area contributed by atoms with Crippen LogP contribution in [0.1, 0.15) is 23.0 Å². The van der Waals surface area contributed by atoms with E-state index < -0.39 is 6.10 Å². The van der Waals surface area contributed by atoms with E-state index >= 15 is 0 Å². The highest BCUT2D eigenvalue weighted by Gasteiger charge is 2.16. The number of aromatic nitrogens is 2. The zero-order valence-corrected chi connectivity index (χ0v) is 10.3. The predicted molar refractivity (Wildman–Crippen MR) is 68.2 cm³/mol. The summed E-state index contributed by atoms with van der Waals surface area (Å²) in [6, 6.07) is 7.83. The fraction of sp³-hybridized carbons (Fsp3) is 0.214. The van der Waals surface area contributed by atoms with Crippen LogP contribution in [0.4, 0.5) is 0 Å². The van der Waals surface area contributed by atoms with Gasteiger partial charge in [0.05, 0.1) is 6.20 Å². The van der Waals surface area contributed by atoms with Crippen molar-refractivity contribution in [3.63, 3.8) is 0 Å². The molecule has 18 heavy (non-hydrogen) atoms. The third kappa shape index (κ3) is 1.80. The molecule has 0 aliphatic heterocycles. The van der Waals surface area contributed by atoms with Crippen LogP contribution in [0.25, 0.3) is 11.0 Å². The van der Waals surface area contributed by atoms with Crippen LogP contribution in [-0.4, -0.2) is 14.9 Å². The van der Waals surface area contributed by atoms with Crippen molar-refractivity contribution in [1.29, 1.82) is 0 Å². The number of nitrogens with zero attached hydrogens (tertiary/aromatic N) is 2. The smallest absolute Gasteiger partial charge is 0.140 e. The fourth-order valence-corrected chi connectivity index (χ4v) is 2.06. The summed E-state index contributed by atoms with van der Waals surface area (Å²) in [5, 5.41) is 15.3. The molecule has 0 saturated heterocycles. The van der Waals surface area contributed by atoms with Crippen LogP contribution in [0.15, 0.2) is 41.1 Å². The van der Waals surface area contributed by atoms with Gasteiger partial charge in [0, 0.05) is 24.2 Å². The van der Waals surface area contributed by atoms with Gasteiger partial charge in [0.15, 0.2) is 0 Å². The largest absolute Gasteiger partial charge is 0.458 e. The molecule has 4 nitrogen and oxygen atoms in total. The van der Waals surface area contributed by atoms with E-state index in [4.69, 9.17) is 4.42 Å². The number of hydrogen-bond acceptors (Lipinski definition) is 3. The van der Waals surface area contributed by atoms with E-state index in [1.54, 1.807) is 17.1 Å². The van der Waals surface area contributed by atoms with Crippen LogP contribution >= 0.6 is 0 Å². The van der Waals surface area contributed by atoms with Gasteiger partial charge in [0.2, 0.25) is 0 Å². The molecule has 0 aliphatic carbocycles. The molecule has 0 aliphatic rings. The molecule has 4 heteroatoms. The Morgan fingerprint density at radius 2 is 2.17 bits per heavy atom. The number of rotatable bonds is 2. The highest BCUT2D eigenvalue weighted by Crippen LogP contribution is 2.28. The van der Waals surface area contributed by atoms with Gasteiger partial charge >= 0.3 is 0 Å². The molecular formula is C14H14N2O2. The zero-order valence-electron chi connectivity index (χ0n) is 10.3. The van der Waals surface area contributed by atoms with E-state index in [1.807, 2.05) is 38.2 Å². The van der Waals surface area contributed by atoms with Crippen molar-refractivity contribution in [2.45, 2.75) is 13.0 Å². The molecule has 3 aromatic rings. The van der Waals surface area contributed by atoms with Crippen LogP contribution in [-0.2, 0) is 7.05 Å². The molecule has 1 aromatic carbocycles. The fourth-order valence-electron chi connectivity index (χ4n) is 2.06. The maximum Gasteiger partial charge on any atom is 0.140 e. The second-order valence-corrected chi connectivity index (χ2v) is 4.54. The predicted octanol–water partition coefficient (Wildman–Crippen LogP) is 2.56. The van der Waals surface area contributed by atoms with Crippen molar-refractivity contribution in [1.82, 2.24) is 9.78 Å². The Balaban J connectivity index is 2.03. The number of aliphatic hydroxyl groups is 1.